The standard InChI is InChI=1S/C20H21N5O4/c1-4-23(13-15-8-10-18(29-3)11-9-15)20(26)19-14(2)24(22-21-19)16-6-5-7-17(12-16)25(27)28/h5-12H,4,13H2,1-3H3. The van der Waals surface area contributed by atoms with Crippen LogP contribution in [0.15, 0.2) is 48.5 Å². The van der Waals surface area contributed by atoms with Crippen molar-refractivity contribution in [3.05, 3.63) is 75.6 Å². The molecule has 0 unspecified atom stereocenters. The molecule has 0 fully saturated rings. The summed E-state index contributed by atoms with van der Waals surface area (Å²) in [7, 11) is 1.60. The second kappa shape index (κ2) is 8.51. The number of hydrogen-bond acceptors (Lipinski definition) is 6. The molecule has 1 heterocycles. The normalized spacial score (nSPS) is 10.6. The number of nitro groups is 1. The summed E-state index contributed by atoms with van der Waals surface area (Å²) < 4.78 is 6.59. The third-order valence-corrected chi connectivity index (χ3v) is 4.58. The molecular formula is C20H21N5O4. The lowest BCUT2D eigenvalue weighted by atomic mass is 10.2. The van der Waals surface area contributed by atoms with Crippen molar-refractivity contribution in [2.24, 2.45) is 0 Å². The van der Waals surface area contributed by atoms with Gasteiger partial charge in [0.15, 0.2) is 5.69 Å². The molecule has 0 N–H and O–H groups in total. The van der Waals surface area contributed by atoms with Gasteiger partial charge in [0.05, 0.1) is 23.4 Å². The lowest BCUT2D eigenvalue weighted by Gasteiger charge is -2.20. The average molecular weight is 395 g/mol. The van der Waals surface area contributed by atoms with E-state index in [9.17, 15) is 14.9 Å². The Balaban J connectivity index is 1.84. The summed E-state index contributed by atoms with van der Waals surface area (Å²) >= 11 is 0. The zero-order valence-electron chi connectivity index (χ0n) is 16.4. The maximum absolute atomic E-state index is 13.0. The zero-order chi connectivity index (χ0) is 21.0. The summed E-state index contributed by atoms with van der Waals surface area (Å²) in [6.45, 7) is 4.52. The summed E-state index contributed by atoms with van der Waals surface area (Å²) in [6.07, 6.45) is 0. The fourth-order valence-corrected chi connectivity index (χ4v) is 2.94. The number of benzene rings is 2. The van der Waals surface area contributed by atoms with E-state index >= 15 is 0 Å². The van der Waals surface area contributed by atoms with E-state index in [1.54, 1.807) is 31.1 Å². The summed E-state index contributed by atoms with van der Waals surface area (Å²) in [4.78, 5) is 25.2. The van der Waals surface area contributed by atoms with E-state index < -0.39 is 4.92 Å². The number of aromatic nitrogens is 3. The molecule has 0 bridgehead atoms. The van der Waals surface area contributed by atoms with E-state index in [4.69, 9.17) is 4.74 Å². The molecule has 0 radical (unpaired) electrons. The van der Waals surface area contributed by atoms with Crippen molar-refractivity contribution in [2.75, 3.05) is 13.7 Å². The first-order chi connectivity index (χ1) is 13.9. The molecule has 0 spiro atoms. The highest BCUT2D eigenvalue weighted by Gasteiger charge is 2.23. The van der Waals surface area contributed by atoms with Crippen LogP contribution in [0.3, 0.4) is 0 Å². The second-order valence-electron chi connectivity index (χ2n) is 6.38. The lowest BCUT2D eigenvalue weighted by Crippen LogP contribution is -2.31. The van der Waals surface area contributed by atoms with Gasteiger partial charge in [-0.15, -0.1) is 5.10 Å². The molecule has 150 valence electrons. The monoisotopic (exact) mass is 395 g/mol. The third kappa shape index (κ3) is 4.23. The number of nitro benzene ring substituents is 1. The van der Waals surface area contributed by atoms with Crippen LogP contribution in [0, 0.1) is 17.0 Å². The van der Waals surface area contributed by atoms with Crippen molar-refractivity contribution in [3.8, 4) is 11.4 Å². The molecule has 3 rings (SSSR count). The Morgan fingerprint density at radius 1 is 1.24 bits per heavy atom. The van der Waals surface area contributed by atoms with Crippen molar-refractivity contribution in [3.63, 3.8) is 0 Å². The minimum absolute atomic E-state index is 0.0556. The third-order valence-electron chi connectivity index (χ3n) is 4.58. The Labute approximate surface area is 167 Å². The molecule has 0 aliphatic rings. The van der Waals surface area contributed by atoms with Crippen molar-refractivity contribution < 1.29 is 14.5 Å². The molecule has 0 saturated carbocycles. The number of rotatable bonds is 7. The summed E-state index contributed by atoms with van der Waals surface area (Å²) in [5.74, 6) is 0.497. The van der Waals surface area contributed by atoms with Crippen LogP contribution in [0.25, 0.3) is 5.69 Å². The number of nitrogens with zero attached hydrogens (tertiary/aromatic N) is 5. The van der Waals surface area contributed by atoms with E-state index in [1.807, 2.05) is 31.2 Å². The minimum Gasteiger partial charge on any atom is -0.497 e. The van der Waals surface area contributed by atoms with Crippen LogP contribution in [0.4, 0.5) is 5.69 Å². The van der Waals surface area contributed by atoms with Crippen LogP contribution in [0.2, 0.25) is 0 Å². The lowest BCUT2D eigenvalue weighted by molar-refractivity contribution is -0.384. The van der Waals surface area contributed by atoms with Crippen molar-refractivity contribution in [1.82, 2.24) is 19.9 Å². The van der Waals surface area contributed by atoms with Crippen LogP contribution in [-0.2, 0) is 6.54 Å². The number of carbonyl (C=O) groups excluding carboxylic acids is 1. The zero-order valence-corrected chi connectivity index (χ0v) is 16.4. The SMILES string of the molecule is CCN(Cc1ccc(OC)cc1)C(=O)c1nnn(-c2cccc([N+](=O)[O-])c2)c1C. The van der Waals surface area contributed by atoms with E-state index in [0.29, 0.717) is 24.5 Å². The fraction of sp³-hybridized carbons (Fsp3) is 0.250. The molecule has 0 aliphatic heterocycles. The first-order valence-electron chi connectivity index (χ1n) is 9.04. The summed E-state index contributed by atoms with van der Waals surface area (Å²) in [5.41, 5.74) is 2.11. The van der Waals surface area contributed by atoms with Crippen LogP contribution in [0.5, 0.6) is 5.75 Å². The van der Waals surface area contributed by atoms with Crippen LogP contribution < -0.4 is 4.74 Å². The summed E-state index contributed by atoms with van der Waals surface area (Å²) in [6, 6.07) is 13.5. The predicted octanol–water partition coefficient (Wildman–Crippen LogP) is 3.15. The van der Waals surface area contributed by atoms with Crippen molar-refractivity contribution in [2.45, 2.75) is 20.4 Å². The predicted molar refractivity (Wildman–Crippen MR) is 106 cm³/mol. The Bertz CT molecular complexity index is 1030. The molecule has 0 saturated heterocycles. The van der Waals surface area contributed by atoms with E-state index in [2.05, 4.69) is 10.3 Å². The van der Waals surface area contributed by atoms with Gasteiger partial charge in [-0.3, -0.25) is 14.9 Å². The van der Waals surface area contributed by atoms with Gasteiger partial charge in [-0.2, -0.15) is 0 Å². The van der Waals surface area contributed by atoms with Crippen molar-refractivity contribution in [1.29, 1.82) is 0 Å². The van der Waals surface area contributed by atoms with Gasteiger partial charge in [-0.25, -0.2) is 4.68 Å². The maximum atomic E-state index is 13.0. The molecule has 9 heteroatoms. The number of amides is 1. The topological polar surface area (TPSA) is 103 Å². The molecule has 9 nitrogen and oxygen atoms in total. The van der Waals surface area contributed by atoms with Gasteiger partial charge in [0, 0.05) is 25.2 Å². The molecule has 1 aromatic heterocycles. The average Bonchev–Trinajstić information content (AvgIpc) is 3.13. The minimum atomic E-state index is -0.477. The number of non-ortho nitro benzene ring substituents is 1. The Morgan fingerprint density at radius 3 is 2.59 bits per heavy atom. The number of methoxy groups -OCH3 is 1. The highest BCUT2D eigenvalue weighted by Crippen LogP contribution is 2.20. The number of hydrogen-bond donors (Lipinski definition) is 0. The molecule has 3 aromatic rings. The van der Waals surface area contributed by atoms with Crippen LogP contribution in [-0.4, -0.2) is 44.4 Å². The Kier molecular flexibility index (Phi) is 5.87. The largest absolute Gasteiger partial charge is 0.497 e. The van der Waals surface area contributed by atoms with Gasteiger partial charge in [-0.1, -0.05) is 23.4 Å². The van der Waals surface area contributed by atoms with Gasteiger partial charge in [0.25, 0.3) is 11.6 Å². The van der Waals surface area contributed by atoms with Crippen molar-refractivity contribution >= 4 is 11.6 Å². The number of ether oxygens (including phenoxy) is 1. The van der Waals surface area contributed by atoms with Crippen LogP contribution >= 0.6 is 0 Å². The summed E-state index contributed by atoms with van der Waals surface area (Å²) in [5, 5.41) is 19.1. The fourth-order valence-electron chi connectivity index (χ4n) is 2.94. The van der Waals surface area contributed by atoms with E-state index in [0.717, 1.165) is 11.3 Å². The maximum Gasteiger partial charge on any atom is 0.276 e. The second-order valence-corrected chi connectivity index (χ2v) is 6.38. The van der Waals surface area contributed by atoms with Gasteiger partial charge in [-0.05, 0) is 37.6 Å². The van der Waals surface area contributed by atoms with Crippen LogP contribution in [0.1, 0.15) is 28.7 Å². The first-order valence-corrected chi connectivity index (χ1v) is 9.04. The Morgan fingerprint density at radius 2 is 1.97 bits per heavy atom. The highest BCUT2D eigenvalue weighted by atomic mass is 16.6. The molecule has 2 aromatic carbocycles. The Hall–Kier alpha value is -3.75. The highest BCUT2D eigenvalue weighted by molar-refractivity contribution is 5.93. The first kappa shape index (κ1) is 20.0. The van der Waals surface area contributed by atoms with E-state index in [1.165, 1.54) is 16.8 Å². The molecule has 0 aliphatic carbocycles. The quantitative estimate of drug-likeness (QED) is 0.450. The number of carbonyl (C=O) groups is 1. The van der Waals surface area contributed by atoms with Gasteiger partial charge < -0.3 is 9.64 Å². The molecular weight excluding hydrogens is 374 g/mol. The molecule has 29 heavy (non-hydrogen) atoms. The molecule has 1 amide bonds. The van der Waals surface area contributed by atoms with Gasteiger partial charge in [0.2, 0.25) is 0 Å². The van der Waals surface area contributed by atoms with E-state index in [-0.39, 0.29) is 17.3 Å². The van der Waals surface area contributed by atoms with Gasteiger partial charge >= 0.3 is 0 Å². The molecule has 0 atom stereocenters. The smallest absolute Gasteiger partial charge is 0.276 e. The van der Waals surface area contributed by atoms with Gasteiger partial charge in [0.1, 0.15) is 5.75 Å².